The van der Waals surface area contributed by atoms with Crippen molar-refractivity contribution >= 4 is 45.8 Å². The lowest BCUT2D eigenvalue weighted by atomic mass is 9.98. The van der Waals surface area contributed by atoms with Crippen LogP contribution < -0.4 is 9.80 Å². The first-order valence-corrected chi connectivity index (χ1v) is 10.8. The number of aromatic nitrogens is 1. The summed E-state index contributed by atoms with van der Waals surface area (Å²) in [6.45, 7) is 5.29. The number of Topliss-reactive ketones (excluding diaryl/α,β-unsaturated/α-hetero) is 1. The number of amides is 1. The first-order valence-electron chi connectivity index (χ1n) is 10.4. The molecule has 3 aromatic rings. The maximum absolute atomic E-state index is 12.9. The molecule has 1 aromatic heterocycles. The third-order valence-corrected chi connectivity index (χ3v) is 6.57. The van der Waals surface area contributed by atoms with Gasteiger partial charge in [-0.3, -0.25) is 14.5 Å². The second kappa shape index (κ2) is 7.66. The molecule has 1 atom stereocenters. The number of carbonyl (C=O) groups is 2. The molecule has 3 heterocycles. The van der Waals surface area contributed by atoms with Crippen LogP contribution in [0.4, 0.5) is 11.5 Å². The number of piperazine rings is 1. The summed E-state index contributed by atoms with van der Waals surface area (Å²) in [6, 6.07) is 11.1. The van der Waals surface area contributed by atoms with E-state index in [9.17, 15) is 9.59 Å². The van der Waals surface area contributed by atoms with Crippen LogP contribution in [0.5, 0.6) is 0 Å². The molecule has 1 amide bonds. The fourth-order valence-electron chi connectivity index (χ4n) is 4.46. The van der Waals surface area contributed by atoms with E-state index in [4.69, 9.17) is 16.1 Å². The summed E-state index contributed by atoms with van der Waals surface area (Å²) in [5.74, 6) is 0.757. The predicted molar refractivity (Wildman–Crippen MR) is 120 cm³/mol. The lowest BCUT2D eigenvalue weighted by Crippen LogP contribution is -2.48. The molecule has 8 heteroatoms. The fourth-order valence-corrected chi connectivity index (χ4v) is 4.62. The molecule has 1 unspecified atom stereocenters. The van der Waals surface area contributed by atoms with Gasteiger partial charge in [0, 0.05) is 55.6 Å². The maximum Gasteiger partial charge on any atom is 0.234 e. The molecular weight excluding hydrogens is 416 g/mol. The number of carbonyl (C=O) groups excluding carboxylic acids is 2. The molecule has 2 aliphatic rings. The van der Waals surface area contributed by atoms with Gasteiger partial charge in [-0.2, -0.15) is 0 Å². The Bertz CT molecular complexity index is 1180. The van der Waals surface area contributed by atoms with Gasteiger partial charge in [0.1, 0.15) is 0 Å². The lowest BCUT2D eigenvalue weighted by molar-refractivity contribution is -0.118. The molecule has 1 fully saturated rings. The Morgan fingerprint density at radius 1 is 1.16 bits per heavy atom. The van der Waals surface area contributed by atoms with Gasteiger partial charge in [-0.05, 0) is 42.8 Å². The summed E-state index contributed by atoms with van der Waals surface area (Å²) in [6.07, 6.45) is 0. The lowest BCUT2D eigenvalue weighted by Gasteiger charge is -2.34. The molecule has 31 heavy (non-hydrogen) atoms. The van der Waals surface area contributed by atoms with E-state index in [0.717, 1.165) is 48.6 Å². The van der Waals surface area contributed by atoms with Crippen LogP contribution >= 0.6 is 11.6 Å². The summed E-state index contributed by atoms with van der Waals surface area (Å²) in [7, 11) is 1.78. The van der Waals surface area contributed by atoms with E-state index in [1.165, 1.54) is 0 Å². The van der Waals surface area contributed by atoms with Gasteiger partial charge in [0.2, 0.25) is 5.91 Å². The van der Waals surface area contributed by atoms with Crippen molar-refractivity contribution < 1.29 is 14.1 Å². The number of ketones is 1. The number of hydrogen-bond donors (Lipinski definition) is 0. The molecule has 0 bridgehead atoms. The third-order valence-electron chi connectivity index (χ3n) is 6.33. The molecule has 160 valence electrons. The van der Waals surface area contributed by atoms with Crippen molar-refractivity contribution in [3.8, 4) is 0 Å². The van der Waals surface area contributed by atoms with E-state index in [1.807, 2.05) is 37.3 Å². The van der Waals surface area contributed by atoms with Gasteiger partial charge in [0.15, 0.2) is 17.2 Å². The summed E-state index contributed by atoms with van der Waals surface area (Å²) < 4.78 is 5.42. The molecule has 0 N–H and O–H groups in total. The Hall–Kier alpha value is -2.90. The standard InChI is InChI=1S/C23H23ClN4O3/c1-14-18-11-15(3-6-19(18)26(2)23(14)30)20(29)13-27-7-9-28(10-8-27)22-17-5-4-16(24)12-21(17)31-25-22/h3-6,11-12,14H,7-10,13H2,1-2H3. The molecule has 7 nitrogen and oxygen atoms in total. The minimum Gasteiger partial charge on any atom is -0.354 e. The van der Waals surface area contributed by atoms with Gasteiger partial charge in [-0.1, -0.05) is 16.8 Å². The highest BCUT2D eigenvalue weighted by Crippen LogP contribution is 2.36. The van der Waals surface area contributed by atoms with Crippen molar-refractivity contribution in [2.75, 3.05) is 49.6 Å². The third kappa shape index (κ3) is 3.47. The van der Waals surface area contributed by atoms with Gasteiger partial charge in [-0.15, -0.1) is 0 Å². The van der Waals surface area contributed by atoms with E-state index in [0.29, 0.717) is 22.7 Å². The number of halogens is 1. The SMILES string of the molecule is CC1C(=O)N(C)c2ccc(C(=O)CN3CCN(c4noc5cc(Cl)ccc45)CC3)cc21. The van der Waals surface area contributed by atoms with Crippen LogP contribution in [0.15, 0.2) is 40.9 Å². The number of likely N-dealkylation sites (N-methyl/N-ethyl adjacent to an activating group) is 1. The van der Waals surface area contributed by atoms with Crippen LogP contribution in [0, 0.1) is 0 Å². The highest BCUT2D eigenvalue weighted by Gasteiger charge is 2.32. The maximum atomic E-state index is 12.9. The van der Waals surface area contributed by atoms with Crippen LogP contribution in [-0.2, 0) is 4.79 Å². The van der Waals surface area contributed by atoms with Crippen LogP contribution in [0.1, 0.15) is 28.8 Å². The molecule has 0 spiro atoms. The number of hydrogen-bond acceptors (Lipinski definition) is 6. The first kappa shape index (κ1) is 20.0. The van der Waals surface area contributed by atoms with E-state index >= 15 is 0 Å². The van der Waals surface area contributed by atoms with E-state index < -0.39 is 0 Å². The molecule has 0 aliphatic carbocycles. The van der Waals surface area contributed by atoms with Gasteiger partial charge in [0.05, 0.1) is 17.8 Å². The van der Waals surface area contributed by atoms with Crippen molar-refractivity contribution in [1.29, 1.82) is 0 Å². The summed E-state index contributed by atoms with van der Waals surface area (Å²) >= 11 is 6.03. The van der Waals surface area contributed by atoms with Crippen LogP contribution in [0.2, 0.25) is 5.02 Å². The predicted octanol–water partition coefficient (Wildman–Crippen LogP) is 3.57. The van der Waals surface area contributed by atoms with E-state index in [-0.39, 0.29) is 17.6 Å². The molecule has 5 rings (SSSR count). The Balaban J connectivity index is 1.24. The Morgan fingerprint density at radius 2 is 1.94 bits per heavy atom. The molecule has 0 radical (unpaired) electrons. The zero-order valence-corrected chi connectivity index (χ0v) is 18.2. The average molecular weight is 439 g/mol. The summed E-state index contributed by atoms with van der Waals surface area (Å²) in [5, 5.41) is 5.79. The number of benzene rings is 2. The van der Waals surface area contributed by atoms with Crippen molar-refractivity contribution in [2.45, 2.75) is 12.8 Å². The molecule has 2 aliphatic heterocycles. The highest BCUT2D eigenvalue weighted by atomic mass is 35.5. The minimum atomic E-state index is -0.205. The highest BCUT2D eigenvalue weighted by molar-refractivity contribution is 6.31. The van der Waals surface area contributed by atoms with Gasteiger partial charge >= 0.3 is 0 Å². The van der Waals surface area contributed by atoms with Crippen molar-refractivity contribution in [3.05, 3.63) is 52.5 Å². The second-order valence-corrected chi connectivity index (χ2v) is 8.66. The monoisotopic (exact) mass is 438 g/mol. The Morgan fingerprint density at radius 3 is 2.71 bits per heavy atom. The topological polar surface area (TPSA) is 69.9 Å². The van der Waals surface area contributed by atoms with Gasteiger partial charge < -0.3 is 14.3 Å². The Kier molecular flexibility index (Phi) is 4.95. The second-order valence-electron chi connectivity index (χ2n) is 8.23. The van der Waals surface area contributed by atoms with E-state index in [2.05, 4.69) is 15.0 Å². The fraction of sp³-hybridized carbons (Fsp3) is 0.348. The zero-order valence-electron chi connectivity index (χ0n) is 17.5. The number of rotatable bonds is 4. The summed E-state index contributed by atoms with van der Waals surface area (Å²) in [4.78, 5) is 31.1. The molecule has 1 saturated heterocycles. The van der Waals surface area contributed by atoms with Gasteiger partial charge in [-0.25, -0.2) is 0 Å². The van der Waals surface area contributed by atoms with Gasteiger partial charge in [0.25, 0.3) is 0 Å². The zero-order chi connectivity index (χ0) is 21.7. The van der Waals surface area contributed by atoms with Crippen molar-refractivity contribution in [3.63, 3.8) is 0 Å². The van der Waals surface area contributed by atoms with Crippen molar-refractivity contribution in [2.24, 2.45) is 0 Å². The summed E-state index contributed by atoms with van der Waals surface area (Å²) in [5.41, 5.74) is 3.16. The normalized spacial score (nSPS) is 19.3. The van der Waals surface area contributed by atoms with Crippen LogP contribution in [0.25, 0.3) is 11.0 Å². The smallest absolute Gasteiger partial charge is 0.234 e. The molecular formula is C23H23ClN4O3. The largest absolute Gasteiger partial charge is 0.354 e. The number of fused-ring (bicyclic) bond motifs is 2. The minimum absolute atomic E-state index is 0.0679. The molecule has 2 aromatic carbocycles. The first-order chi connectivity index (χ1) is 14.9. The van der Waals surface area contributed by atoms with Crippen LogP contribution in [-0.4, -0.2) is 61.5 Å². The van der Waals surface area contributed by atoms with E-state index in [1.54, 1.807) is 18.0 Å². The quantitative estimate of drug-likeness (QED) is 0.580. The number of nitrogens with zero attached hydrogens (tertiary/aromatic N) is 4. The van der Waals surface area contributed by atoms with Crippen LogP contribution in [0.3, 0.4) is 0 Å². The van der Waals surface area contributed by atoms with Crippen molar-refractivity contribution in [1.82, 2.24) is 10.1 Å². The molecule has 0 saturated carbocycles. The Labute approximate surface area is 185 Å². The number of anilines is 2. The average Bonchev–Trinajstić information content (AvgIpc) is 3.28.